The molecule has 0 saturated heterocycles. The van der Waals surface area contributed by atoms with Gasteiger partial charge in [-0.05, 0) is 36.6 Å². The van der Waals surface area contributed by atoms with Crippen LogP contribution in [0.25, 0.3) is 5.57 Å². The van der Waals surface area contributed by atoms with Crippen LogP contribution in [0, 0.1) is 0 Å². The van der Waals surface area contributed by atoms with Crippen molar-refractivity contribution in [1.82, 2.24) is 0 Å². The van der Waals surface area contributed by atoms with Gasteiger partial charge < -0.3 is 5.11 Å². The number of hydrogen-bond donors (Lipinski definition) is 1. The summed E-state index contributed by atoms with van der Waals surface area (Å²) in [5, 5.41) is 9.47. The highest BCUT2D eigenvalue weighted by molar-refractivity contribution is 6.30. The van der Waals surface area contributed by atoms with Gasteiger partial charge in [-0.2, -0.15) is 0 Å². The molecule has 0 aliphatic rings. The molecule has 2 heteroatoms. The smallest absolute Gasteiger partial charge is 0.0471 e. The minimum atomic E-state index is 0.149. The molecule has 0 radical (unpaired) electrons. The van der Waals surface area contributed by atoms with Crippen LogP contribution in [0.2, 0.25) is 5.02 Å². The predicted molar refractivity (Wildman–Crippen MR) is 56.9 cm³/mol. The number of aliphatic hydroxyl groups is 1. The lowest BCUT2D eigenvalue weighted by Gasteiger charge is -2.04. The van der Waals surface area contributed by atoms with Crippen molar-refractivity contribution in [3.63, 3.8) is 0 Å². The lowest BCUT2D eigenvalue weighted by Crippen LogP contribution is -1.92. The Morgan fingerprint density at radius 1 is 1.46 bits per heavy atom. The Bertz CT molecular complexity index is 318. The van der Waals surface area contributed by atoms with Crippen molar-refractivity contribution in [3.05, 3.63) is 40.9 Å². The maximum Gasteiger partial charge on any atom is 0.0471 e. The monoisotopic (exact) mass is 196 g/mol. The Morgan fingerprint density at radius 3 is 2.69 bits per heavy atom. The summed E-state index contributed by atoms with van der Waals surface area (Å²) >= 11 is 5.91. The zero-order chi connectivity index (χ0) is 9.84. The number of halogens is 1. The fourth-order valence-corrected chi connectivity index (χ4v) is 1.43. The van der Waals surface area contributed by atoms with Crippen molar-refractivity contribution in [2.75, 3.05) is 6.61 Å². The zero-order valence-electron chi connectivity index (χ0n) is 7.68. The molecule has 1 aromatic carbocycles. The third-order valence-corrected chi connectivity index (χ3v) is 2.07. The lowest BCUT2D eigenvalue weighted by molar-refractivity contribution is 0.299. The summed E-state index contributed by atoms with van der Waals surface area (Å²) in [7, 11) is 0. The zero-order valence-corrected chi connectivity index (χ0v) is 8.43. The molecule has 1 N–H and O–H groups in total. The topological polar surface area (TPSA) is 20.2 Å². The van der Waals surface area contributed by atoms with Gasteiger partial charge in [-0.1, -0.05) is 29.8 Å². The van der Waals surface area contributed by atoms with Gasteiger partial charge in [0.15, 0.2) is 0 Å². The average Bonchev–Trinajstić information content (AvgIpc) is 2.03. The van der Waals surface area contributed by atoms with Crippen LogP contribution in [0.3, 0.4) is 0 Å². The molecular formula is C11H13ClO. The Labute approximate surface area is 83.7 Å². The molecule has 0 heterocycles. The maximum absolute atomic E-state index is 8.77. The third kappa shape index (κ3) is 2.87. The van der Waals surface area contributed by atoms with Gasteiger partial charge in [0.2, 0.25) is 0 Å². The molecule has 1 aromatic rings. The highest BCUT2D eigenvalue weighted by Crippen LogP contribution is 2.20. The standard InChI is InChI=1S/C11H13ClO/c1-8(2)10-5-9(3-4-13)6-11(12)7-10/h5-7,13H,1,3-4H2,2H3. The molecule has 0 aromatic heterocycles. The largest absolute Gasteiger partial charge is 0.396 e. The number of aliphatic hydroxyl groups excluding tert-OH is 1. The highest BCUT2D eigenvalue weighted by atomic mass is 35.5. The van der Waals surface area contributed by atoms with Crippen molar-refractivity contribution in [1.29, 1.82) is 0 Å². The first-order valence-electron chi connectivity index (χ1n) is 4.19. The number of benzene rings is 1. The minimum Gasteiger partial charge on any atom is -0.396 e. The SMILES string of the molecule is C=C(C)c1cc(Cl)cc(CCO)c1. The van der Waals surface area contributed by atoms with E-state index in [0.29, 0.717) is 11.4 Å². The Morgan fingerprint density at radius 2 is 2.15 bits per heavy atom. The van der Waals surface area contributed by atoms with E-state index in [4.69, 9.17) is 16.7 Å². The molecule has 70 valence electrons. The predicted octanol–water partition coefficient (Wildman–Crippen LogP) is 2.91. The molecule has 13 heavy (non-hydrogen) atoms. The van der Waals surface area contributed by atoms with Gasteiger partial charge in [-0.3, -0.25) is 0 Å². The second kappa shape index (κ2) is 4.45. The second-order valence-corrected chi connectivity index (χ2v) is 3.54. The first kappa shape index (κ1) is 10.3. The van der Waals surface area contributed by atoms with Crippen molar-refractivity contribution >= 4 is 17.2 Å². The average molecular weight is 197 g/mol. The maximum atomic E-state index is 8.77. The fraction of sp³-hybridized carbons (Fsp3) is 0.273. The number of hydrogen-bond acceptors (Lipinski definition) is 1. The number of rotatable bonds is 3. The first-order valence-corrected chi connectivity index (χ1v) is 4.57. The van der Waals surface area contributed by atoms with Gasteiger partial charge in [0.1, 0.15) is 0 Å². The van der Waals surface area contributed by atoms with Crippen molar-refractivity contribution in [2.24, 2.45) is 0 Å². The summed E-state index contributed by atoms with van der Waals surface area (Å²) in [4.78, 5) is 0. The molecular weight excluding hydrogens is 184 g/mol. The summed E-state index contributed by atoms with van der Waals surface area (Å²) in [5.74, 6) is 0. The molecule has 0 aliphatic heterocycles. The van der Waals surface area contributed by atoms with E-state index in [1.165, 1.54) is 0 Å². The summed E-state index contributed by atoms with van der Waals surface area (Å²) in [6.45, 7) is 5.93. The van der Waals surface area contributed by atoms with E-state index < -0.39 is 0 Å². The highest BCUT2D eigenvalue weighted by Gasteiger charge is 1.99. The molecule has 0 atom stereocenters. The van der Waals surface area contributed by atoms with E-state index in [1.807, 2.05) is 25.1 Å². The third-order valence-electron chi connectivity index (χ3n) is 1.85. The summed E-state index contributed by atoms with van der Waals surface area (Å²) in [5.41, 5.74) is 3.07. The molecule has 0 unspecified atom stereocenters. The lowest BCUT2D eigenvalue weighted by atomic mass is 10.0. The molecule has 1 nitrogen and oxygen atoms in total. The summed E-state index contributed by atoms with van der Waals surface area (Å²) in [6.07, 6.45) is 0.640. The summed E-state index contributed by atoms with van der Waals surface area (Å²) in [6, 6.07) is 5.75. The molecule has 0 bridgehead atoms. The Kier molecular flexibility index (Phi) is 3.52. The van der Waals surface area contributed by atoms with Crippen LogP contribution < -0.4 is 0 Å². The van der Waals surface area contributed by atoms with Gasteiger partial charge in [0.25, 0.3) is 0 Å². The van der Waals surface area contributed by atoms with Crippen LogP contribution >= 0.6 is 11.6 Å². The van der Waals surface area contributed by atoms with E-state index in [-0.39, 0.29) is 6.61 Å². The first-order chi connectivity index (χ1) is 6.13. The molecule has 0 aliphatic carbocycles. The van der Waals surface area contributed by atoms with Crippen LogP contribution in [0.1, 0.15) is 18.1 Å². The van der Waals surface area contributed by atoms with Gasteiger partial charge in [0.05, 0.1) is 0 Å². The van der Waals surface area contributed by atoms with Crippen LogP contribution in [-0.2, 0) is 6.42 Å². The van der Waals surface area contributed by atoms with Crippen molar-refractivity contribution in [2.45, 2.75) is 13.3 Å². The van der Waals surface area contributed by atoms with Crippen LogP contribution in [0.15, 0.2) is 24.8 Å². The fourth-order valence-electron chi connectivity index (χ4n) is 1.17. The van der Waals surface area contributed by atoms with Gasteiger partial charge in [-0.15, -0.1) is 0 Å². The van der Waals surface area contributed by atoms with Gasteiger partial charge in [0, 0.05) is 11.6 Å². The molecule has 0 saturated carbocycles. The van der Waals surface area contributed by atoms with E-state index in [0.717, 1.165) is 16.7 Å². The molecule has 0 fully saturated rings. The van der Waals surface area contributed by atoms with E-state index in [9.17, 15) is 0 Å². The van der Waals surface area contributed by atoms with Gasteiger partial charge in [-0.25, -0.2) is 0 Å². The van der Waals surface area contributed by atoms with Crippen LogP contribution in [0.4, 0.5) is 0 Å². The molecule has 0 spiro atoms. The summed E-state index contributed by atoms with van der Waals surface area (Å²) < 4.78 is 0. The normalized spacial score (nSPS) is 10.1. The quantitative estimate of drug-likeness (QED) is 0.788. The minimum absolute atomic E-state index is 0.149. The van der Waals surface area contributed by atoms with Crippen molar-refractivity contribution in [3.8, 4) is 0 Å². The number of allylic oxidation sites excluding steroid dienone is 1. The van der Waals surface area contributed by atoms with Gasteiger partial charge >= 0.3 is 0 Å². The molecule has 0 amide bonds. The van der Waals surface area contributed by atoms with E-state index in [1.54, 1.807) is 0 Å². The van der Waals surface area contributed by atoms with E-state index >= 15 is 0 Å². The Balaban J connectivity index is 3.03. The second-order valence-electron chi connectivity index (χ2n) is 3.10. The van der Waals surface area contributed by atoms with Crippen molar-refractivity contribution < 1.29 is 5.11 Å². The van der Waals surface area contributed by atoms with E-state index in [2.05, 4.69) is 6.58 Å². The Hall–Kier alpha value is -0.790. The van der Waals surface area contributed by atoms with Crippen LogP contribution in [0.5, 0.6) is 0 Å². The van der Waals surface area contributed by atoms with Crippen LogP contribution in [-0.4, -0.2) is 11.7 Å². The molecule has 1 rings (SSSR count).